The lowest BCUT2D eigenvalue weighted by atomic mass is 10.1. The Hall–Kier alpha value is -3.50. The summed E-state index contributed by atoms with van der Waals surface area (Å²) in [4.78, 5) is 20.4. The quantitative estimate of drug-likeness (QED) is 0.347. The van der Waals surface area contributed by atoms with Gasteiger partial charge in [0.2, 0.25) is 0 Å². The molecule has 0 saturated heterocycles. The Morgan fingerprint density at radius 1 is 1.17 bits per heavy atom. The van der Waals surface area contributed by atoms with Crippen LogP contribution in [0.4, 0.5) is 0 Å². The van der Waals surface area contributed by atoms with Gasteiger partial charge in [-0.25, -0.2) is 4.98 Å². The van der Waals surface area contributed by atoms with Gasteiger partial charge in [0.1, 0.15) is 5.82 Å². The highest BCUT2D eigenvalue weighted by molar-refractivity contribution is 6.35. The number of aromatic nitrogens is 2. The molecule has 3 rings (SSSR count). The summed E-state index contributed by atoms with van der Waals surface area (Å²) in [5.74, 6) is 1.75. The van der Waals surface area contributed by atoms with E-state index in [-0.39, 0.29) is 10.9 Å². The number of hydrogen-bond donors (Lipinski definition) is 0. The fourth-order valence-electron chi connectivity index (χ4n) is 4.05. The molecule has 0 atom stereocenters. The first-order chi connectivity index (χ1) is 17.2. The molecule has 0 saturated carbocycles. The molecule has 0 aliphatic heterocycles. The standard InChI is InChI=1S/C28H33ClN4O3/c1-18(2)13-14-32(28(34)23-11-12-24(35-5)27(36-6)26(23)29)17-25-31-19(3)20(4)33(25)16-22-10-8-7-9-21(22)15-30/h7-12,18H,13-14,16-17H2,1-6H3. The molecule has 36 heavy (non-hydrogen) atoms. The molecule has 7 nitrogen and oxygen atoms in total. The second kappa shape index (κ2) is 12.0. The van der Waals surface area contributed by atoms with Crippen molar-refractivity contribution in [3.8, 4) is 17.6 Å². The molecular formula is C28H33ClN4O3. The van der Waals surface area contributed by atoms with Gasteiger partial charge in [-0.05, 0) is 49.9 Å². The highest BCUT2D eigenvalue weighted by Gasteiger charge is 2.25. The Morgan fingerprint density at radius 3 is 2.53 bits per heavy atom. The van der Waals surface area contributed by atoms with Gasteiger partial charge in [-0.3, -0.25) is 4.79 Å². The summed E-state index contributed by atoms with van der Waals surface area (Å²) in [5, 5.41) is 9.77. The topological polar surface area (TPSA) is 80.4 Å². The number of carbonyl (C=O) groups excluding carboxylic acids is 1. The van der Waals surface area contributed by atoms with Crippen LogP contribution < -0.4 is 9.47 Å². The maximum Gasteiger partial charge on any atom is 0.255 e. The Balaban J connectivity index is 2.00. The van der Waals surface area contributed by atoms with E-state index >= 15 is 0 Å². The van der Waals surface area contributed by atoms with Crippen LogP contribution in [0.1, 0.15) is 59.0 Å². The van der Waals surface area contributed by atoms with Crippen LogP contribution in [-0.4, -0.2) is 41.1 Å². The molecule has 0 fully saturated rings. The normalized spacial score (nSPS) is 10.9. The van der Waals surface area contributed by atoms with Crippen molar-refractivity contribution in [1.82, 2.24) is 14.5 Å². The molecule has 3 aromatic rings. The third-order valence-corrected chi connectivity index (χ3v) is 6.69. The SMILES string of the molecule is COc1ccc(C(=O)N(CCC(C)C)Cc2nc(C)c(C)n2Cc2ccccc2C#N)c(Cl)c1OC. The summed E-state index contributed by atoms with van der Waals surface area (Å²) in [6, 6.07) is 13.2. The van der Waals surface area contributed by atoms with Crippen molar-refractivity contribution < 1.29 is 14.3 Å². The van der Waals surface area contributed by atoms with Gasteiger partial charge in [-0.1, -0.05) is 43.6 Å². The van der Waals surface area contributed by atoms with Gasteiger partial charge in [0.15, 0.2) is 11.5 Å². The van der Waals surface area contributed by atoms with Crippen molar-refractivity contribution >= 4 is 17.5 Å². The molecule has 2 aromatic carbocycles. The van der Waals surface area contributed by atoms with Crippen LogP contribution in [0.5, 0.6) is 11.5 Å². The van der Waals surface area contributed by atoms with Crippen molar-refractivity contribution in [1.29, 1.82) is 5.26 Å². The van der Waals surface area contributed by atoms with E-state index in [1.165, 1.54) is 14.2 Å². The van der Waals surface area contributed by atoms with Gasteiger partial charge >= 0.3 is 0 Å². The van der Waals surface area contributed by atoms with Crippen molar-refractivity contribution in [2.75, 3.05) is 20.8 Å². The number of nitriles is 1. The summed E-state index contributed by atoms with van der Waals surface area (Å²) in [5.41, 5.74) is 3.77. The van der Waals surface area contributed by atoms with Crippen LogP contribution in [0.2, 0.25) is 5.02 Å². The van der Waals surface area contributed by atoms with E-state index in [0.717, 1.165) is 29.2 Å². The zero-order valence-corrected chi connectivity index (χ0v) is 22.5. The molecule has 0 unspecified atom stereocenters. The van der Waals surface area contributed by atoms with E-state index in [9.17, 15) is 10.1 Å². The fourth-order valence-corrected chi connectivity index (χ4v) is 4.37. The molecule has 1 heterocycles. The fraction of sp³-hybridized carbons (Fsp3) is 0.393. The first kappa shape index (κ1) is 27.1. The van der Waals surface area contributed by atoms with Crippen LogP contribution in [0, 0.1) is 31.1 Å². The summed E-state index contributed by atoms with van der Waals surface area (Å²) < 4.78 is 12.8. The largest absolute Gasteiger partial charge is 0.493 e. The van der Waals surface area contributed by atoms with Gasteiger partial charge < -0.3 is 18.9 Å². The average molecular weight is 509 g/mol. The summed E-state index contributed by atoms with van der Waals surface area (Å²) in [7, 11) is 3.02. The lowest BCUT2D eigenvalue weighted by Crippen LogP contribution is -2.33. The maximum atomic E-state index is 13.8. The van der Waals surface area contributed by atoms with Gasteiger partial charge in [-0.15, -0.1) is 0 Å². The molecule has 1 aromatic heterocycles. The van der Waals surface area contributed by atoms with Crippen LogP contribution in [-0.2, 0) is 13.1 Å². The van der Waals surface area contributed by atoms with E-state index < -0.39 is 0 Å². The van der Waals surface area contributed by atoms with Crippen LogP contribution >= 0.6 is 11.6 Å². The van der Waals surface area contributed by atoms with Gasteiger partial charge in [0, 0.05) is 12.2 Å². The van der Waals surface area contributed by atoms with Crippen molar-refractivity contribution in [2.24, 2.45) is 5.92 Å². The zero-order chi connectivity index (χ0) is 26.4. The molecule has 0 spiro atoms. The molecule has 0 radical (unpaired) electrons. The van der Waals surface area contributed by atoms with Crippen LogP contribution in [0.25, 0.3) is 0 Å². The number of imidazole rings is 1. The van der Waals surface area contributed by atoms with Crippen molar-refractivity contribution in [3.63, 3.8) is 0 Å². The smallest absolute Gasteiger partial charge is 0.255 e. The van der Waals surface area contributed by atoms with E-state index in [2.05, 4.69) is 24.5 Å². The second-order valence-corrected chi connectivity index (χ2v) is 9.50. The van der Waals surface area contributed by atoms with Crippen molar-refractivity contribution in [2.45, 2.75) is 47.2 Å². The minimum atomic E-state index is -0.205. The first-order valence-electron chi connectivity index (χ1n) is 11.9. The minimum Gasteiger partial charge on any atom is -0.493 e. The Morgan fingerprint density at radius 2 is 1.89 bits per heavy atom. The number of nitrogens with zero attached hydrogens (tertiary/aromatic N) is 4. The van der Waals surface area contributed by atoms with E-state index in [4.69, 9.17) is 26.1 Å². The molecule has 190 valence electrons. The number of ether oxygens (including phenoxy) is 2. The van der Waals surface area contributed by atoms with Crippen LogP contribution in [0.3, 0.4) is 0 Å². The molecular weight excluding hydrogens is 476 g/mol. The average Bonchev–Trinajstić information content (AvgIpc) is 3.13. The Bertz CT molecular complexity index is 1280. The Labute approximate surface area is 218 Å². The molecule has 1 amide bonds. The third-order valence-electron chi connectivity index (χ3n) is 6.31. The van der Waals surface area contributed by atoms with E-state index in [1.807, 2.05) is 38.1 Å². The number of methoxy groups -OCH3 is 2. The van der Waals surface area contributed by atoms with Gasteiger partial charge in [0.05, 0.1) is 55.2 Å². The predicted octanol–water partition coefficient (Wildman–Crippen LogP) is 5.78. The number of hydrogen-bond acceptors (Lipinski definition) is 5. The molecule has 0 aliphatic carbocycles. The molecule has 0 bridgehead atoms. The summed E-state index contributed by atoms with van der Waals surface area (Å²) in [6.45, 7) is 9.55. The lowest BCUT2D eigenvalue weighted by Gasteiger charge is -2.25. The molecule has 8 heteroatoms. The lowest BCUT2D eigenvalue weighted by molar-refractivity contribution is 0.0729. The number of aryl methyl sites for hydroxylation is 1. The van der Waals surface area contributed by atoms with Crippen LogP contribution in [0.15, 0.2) is 36.4 Å². The zero-order valence-electron chi connectivity index (χ0n) is 21.8. The minimum absolute atomic E-state index is 0.205. The summed E-state index contributed by atoms with van der Waals surface area (Å²) >= 11 is 6.59. The summed E-state index contributed by atoms with van der Waals surface area (Å²) in [6.07, 6.45) is 0.826. The van der Waals surface area contributed by atoms with E-state index in [1.54, 1.807) is 17.0 Å². The maximum absolute atomic E-state index is 13.8. The third kappa shape index (κ3) is 5.83. The number of carbonyl (C=O) groups is 1. The number of amides is 1. The van der Waals surface area contributed by atoms with Gasteiger partial charge in [0.25, 0.3) is 5.91 Å². The molecule has 0 N–H and O–H groups in total. The number of benzene rings is 2. The monoisotopic (exact) mass is 508 g/mol. The number of rotatable bonds is 10. The first-order valence-corrected chi connectivity index (χ1v) is 12.3. The highest BCUT2D eigenvalue weighted by Crippen LogP contribution is 2.38. The van der Waals surface area contributed by atoms with E-state index in [0.29, 0.717) is 48.2 Å². The highest BCUT2D eigenvalue weighted by atomic mass is 35.5. The van der Waals surface area contributed by atoms with Crippen molar-refractivity contribution in [3.05, 3.63) is 75.3 Å². The molecule has 0 aliphatic rings. The predicted molar refractivity (Wildman–Crippen MR) is 141 cm³/mol. The van der Waals surface area contributed by atoms with Gasteiger partial charge in [-0.2, -0.15) is 5.26 Å². The Kier molecular flexibility index (Phi) is 9.00. The second-order valence-electron chi connectivity index (χ2n) is 9.13. The number of halogens is 1.